The fourth-order valence-electron chi connectivity index (χ4n) is 2.86. The number of carbonyl (C=O) groups excluding carboxylic acids is 2. The van der Waals surface area contributed by atoms with Gasteiger partial charge in [-0.3, -0.25) is 14.6 Å². The number of aromatic nitrogens is 2. The molecule has 7 heteroatoms. The summed E-state index contributed by atoms with van der Waals surface area (Å²) in [6.45, 7) is 7.61. The van der Waals surface area contributed by atoms with Crippen LogP contribution in [-0.2, 0) is 0 Å². The van der Waals surface area contributed by atoms with Crippen molar-refractivity contribution in [3.8, 4) is 0 Å². The lowest BCUT2D eigenvalue weighted by Gasteiger charge is -2.13. The van der Waals surface area contributed by atoms with Crippen LogP contribution in [0.25, 0.3) is 0 Å². The summed E-state index contributed by atoms with van der Waals surface area (Å²) in [5, 5.41) is 9.22. The van der Waals surface area contributed by atoms with Crippen LogP contribution in [0.1, 0.15) is 43.3 Å². The third-order valence-electron chi connectivity index (χ3n) is 4.04. The standard InChI is InChI=1S/C20H20N4O3/c1-11-7-12(2)18(13(3)8-11)23-20(26)16-10-15(5-6-21-16)19(25)22-17-9-14(4)27-24-17/h5-10H,1-4H3,(H,23,26)(H,22,24,25). The molecule has 0 aliphatic carbocycles. The number of aryl methyl sites for hydroxylation is 4. The maximum absolute atomic E-state index is 12.6. The highest BCUT2D eigenvalue weighted by Crippen LogP contribution is 2.22. The van der Waals surface area contributed by atoms with Gasteiger partial charge in [0.15, 0.2) is 5.82 Å². The monoisotopic (exact) mass is 364 g/mol. The summed E-state index contributed by atoms with van der Waals surface area (Å²) in [5.74, 6) is 0.120. The van der Waals surface area contributed by atoms with Crippen LogP contribution in [0.2, 0.25) is 0 Å². The molecule has 0 aliphatic heterocycles. The predicted molar refractivity (Wildman–Crippen MR) is 102 cm³/mol. The van der Waals surface area contributed by atoms with Crippen molar-refractivity contribution in [2.45, 2.75) is 27.7 Å². The Balaban J connectivity index is 1.78. The van der Waals surface area contributed by atoms with E-state index in [9.17, 15) is 9.59 Å². The van der Waals surface area contributed by atoms with Gasteiger partial charge in [-0.15, -0.1) is 0 Å². The van der Waals surface area contributed by atoms with Crippen LogP contribution in [0.5, 0.6) is 0 Å². The molecule has 2 aromatic heterocycles. The first kappa shape index (κ1) is 18.3. The van der Waals surface area contributed by atoms with Gasteiger partial charge in [0.05, 0.1) is 0 Å². The maximum Gasteiger partial charge on any atom is 0.274 e. The Kier molecular flexibility index (Phi) is 5.03. The highest BCUT2D eigenvalue weighted by atomic mass is 16.5. The summed E-state index contributed by atoms with van der Waals surface area (Å²) < 4.78 is 4.92. The number of benzene rings is 1. The van der Waals surface area contributed by atoms with Crippen LogP contribution < -0.4 is 10.6 Å². The first-order valence-corrected chi connectivity index (χ1v) is 8.43. The van der Waals surface area contributed by atoms with Crippen molar-refractivity contribution >= 4 is 23.3 Å². The third kappa shape index (κ3) is 4.20. The number of amides is 2. The van der Waals surface area contributed by atoms with Gasteiger partial charge in [-0.25, -0.2) is 0 Å². The van der Waals surface area contributed by atoms with Crippen LogP contribution in [0.3, 0.4) is 0 Å². The predicted octanol–water partition coefficient (Wildman–Crippen LogP) is 3.81. The van der Waals surface area contributed by atoms with Crippen molar-refractivity contribution in [3.05, 3.63) is 70.2 Å². The molecule has 0 bridgehead atoms. The van der Waals surface area contributed by atoms with E-state index in [2.05, 4.69) is 20.8 Å². The second-order valence-corrected chi connectivity index (χ2v) is 6.43. The molecule has 0 unspecified atom stereocenters. The molecule has 2 amide bonds. The van der Waals surface area contributed by atoms with E-state index in [-0.39, 0.29) is 11.6 Å². The van der Waals surface area contributed by atoms with Crippen LogP contribution >= 0.6 is 0 Å². The van der Waals surface area contributed by atoms with Crippen LogP contribution in [-0.4, -0.2) is 22.0 Å². The second-order valence-electron chi connectivity index (χ2n) is 6.43. The average molecular weight is 364 g/mol. The lowest BCUT2D eigenvalue weighted by Crippen LogP contribution is -2.18. The molecule has 0 atom stereocenters. The molecular weight excluding hydrogens is 344 g/mol. The fourth-order valence-corrected chi connectivity index (χ4v) is 2.86. The molecule has 0 saturated heterocycles. The number of carbonyl (C=O) groups is 2. The van der Waals surface area contributed by atoms with E-state index in [0.29, 0.717) is 17.1 Å². The average Bonchev–Trinajstić information content (AvgIpc) is 3.02. The van der Waals surface area contributed by atoms with Gasteiger partial charge in [-0.2, -0.15) is 0 Å². The summed E-state index contributed by atoms with van der Waals surface area (Å²) >= 11 is 0. The zero-order chi connectivity index (χ0) is 19.6. The first-order chi connectivity index (χ1) is 12.8. The van der Waals surface area contributed by atoms with Crippen molar-refractivity contribution in [2.24, 2.45) is 0 Å². The van der Waals surface area contributed by atoms with Gasteiger partial charge in [0.2, 0.25) is 0 Å². The largest absolute Gasteiger partial charge is 0.360 e. The Bertz CT molecular complexity index is 1000. The maximum atomic E-state index is 12.6. The van der Waals surface area contributed by atoms with E-state index in [1.807, 2.05) is 32.9 Å². The minimum absolute atomic E-state index is 0.151. The van der Waals surface area contributed by atoms with Gasteiger partial charge in [-0.1, -0.05) is 22.9 Å². The number of nitrogens with zero attached hydrogens (tertiary/aromatic N) is 2. The van der Waals surface area contributed by atoms with E-state index in [1.165, 1.54) is 18.3 Å². The lowest BCUT2D eigenvalue weighted by atomic mass is 10.0. The quantitative estimate of drug-likeness (QED) is 0.734. The summed E-state index contributed by atoms with van der Waals surface area (Å²) in [5.41, 5.74) is 4.27. The number of rotatable bonds is 4. The molecule has 0 fully saturated rings. The van der Waals surface area contributed by atoms with Gasteiger partial charge in [-0.05, 0) is 51.0 Å². The third-order valence-corrected chi connectivity index (χ3v) is 4.04. The smallest absolute Gasteiger partial charge is 0.274 e. The molecule has 3 rings (SSSR count). The van der Waals surface area contributed by atoms with Crippen molar-refractivity contribution in [3.63, 3.8) is 0 Å². The van der Waals surface area contributed by atoms with Gasteiger partial charge in [0, 0.05) is 23.5 Å². The number of hydrogen-bond donors (Lipinski definition) is 2. The summed E-state index contributed by atoms with van der Waals surface area (Å²) in [6, 6.07) is 8.58. The van der Waals surface area contributed by atoms with Gasteiger partial charge >= 0.3 is 0 Å². The van der Waals surface area contributed by atoms with Crippen molar-refractivity contribution in [2.75, 3.05) is 10.6 Å². The number of anilines is 2. The van der Waals surface area contributed by atoms with E-state index >= 15 is 0 Å². The Hall–Kier alpha value is -3.48. The highest BCUT2D eigenvalue weighted by molar-refractivity contribution is 6.07. The Morgan fingerprint density at radius 3 is 2.26 bits per heavy atom. The summed E-state index contributed by atoms with van der Waals surface area (Å²) in [6.07, 6.45) is 1.42. The Morgan fingerprint density at radius 2 is 1.63 bits per heavy atom. The van der Waals surface area contributed by atoms with Crippen LogP contribution in [0.4, 0.5) is 11.5 Å². The molecule has 0 aliphatic rings. The zero-order valence-corrected chi connectivity index (χ0v) is 15.6. The molecule has 0 radical (unpaired) electrons. The van der Waals surface area contributed by atoms with Crippen molar-refractivity contribution < 1.29 is 14.1 Å². The topological polar surface area (TPSA) is 97.1 Å². The number of nitrogens with one attached hydrogen (secondary N) is 2. The van der Waals surface area contributed by atoms with E-state index in [1.54, 1.807) is 13.0 Å². The van der Waals surface area contributed by atoms with Gasteiger partial charge < -0.3 is 15.2 Å². The van der Waals surface area contributed by atoms with Gasteiger partial charge in [0.1, 0.15) is 11.5 Å². The zero-order valence-electron chi connectivity index (χ0n) is 15.6. The summed E-state index contributed by atoms with van der Waals surface area (Å²) in [4.78, 5) is 29.0. The fraction of sp³-hybridized carbons (Fsp3) is 0.200. The Morgan fingerprint density at radius 1 is 0.926 bits per heavy atom. The first-order valence-electron chi connectivity index (χ1n) is 8.43. The minimum atomic E-state index is -0.401. The van der Waals surface area contributed by atoms with Crippen molar-refractivity contribution in [1.29, 1.82) is 0 Å². The number of pyridine rings is 1. The van der Waals surface area contributed by atoms with E-state index in [4.69, 9.17) is 4.52 Å². The molecule has 0 spiro atoms. The van der Waals surface area contributed by atoms with E-state index in [0.717, 1.165) is 22.4 Å². The summed E-state index contributed by atoms with van der Waals surface area (Å²) in [7, 11) is 0. The molecule has 1 aromatic carbocycles. The molecule has 3 aromatic rings. The van der Waals surface area contributed by atoms with Crippen LogP contribution in [0.15, 0.2) is 41.1 Å². The second kappa shape index (κ2) is 7.41. The van der Waals surface area contributed by atoms with Gasteiger partial charge in [0.25, 0.3) is 11.8 Å². The lowest BCUT2D eigenvalue weighted by molar-refractivity contribution is 0.102. The molecule has 7 nitrogen and oxygen atoms in total. The van der Waals surface area contributed by atoms with E-state index < -0.39 is 5.91 Å². The van der Waals surface area contributed by atoms with Crippen LogP contribution in [0, 0.1) is 27.7 Å². The Labute approximate surface area is 156 Å². The number of hydrogen-bond acceptors (Lipinski definition) is 5. The highest BCUT2D eigenvalue weighted by Gasteiger charge is 2.15. The van der Waals surface area contributed by atoms with Crippen molar-refractivity contribution in [1.82, 2.24) is 10.1 Å². The molecule has 2 N–H and O–H groups in total. The molecule has 2 heterocycles. The molecule has 0 saturated carbocycles. The molecule has 138 valence electrons. The SMILES string of the molecule is Cc1cc(C)c(NC(=O)c2cc(C(=O)Nc3cc(C)on3)ccn2)c(C)c1. The normalized spacial score (nSPS) is 10.5. The minimum Gasteiger partial charge on any atom is -0.360 e. The molecule has 27 heavy (non-hydrogen) atoms. The molecular formula is C20H20N4O3.